The van der Waals surface area contributed by atoms with Crippen LogP contribution in [0.4, 0.5) is 0 Å². The molecular weight excluding hydrogens is 272 g/mol. The van der Waals surface area contributed by atoms with Crippen LogP contribution in [0.25, 0.3) is 22.5 Å². The minimum Gasteiger partial charge on any atom is -0.361 e. The zero-order valence-corrected chi connectivity index (χ0v) is 12.0. The SMILES string of the molecule is c1c[nH]c(-c2ccncc2)c1.c1c[nH]c(-c2ccncc2)c1. The molecule has 4 aromatic rings. The molecule has 108 valence electrons. The van der Waals surface area contributed by atoms with E-state index in [1.807, 2.05) is 60.9 Å². The summed E-state index contributed by atoms with van der Waals surface area (Å²) in [5, 5.41) is 0. The van der Waals surface area contributed by atoms with Crippen LogP contribution >= 0.6 is 0 Å². The number of H-pyrrole nitrogens is 2. The number of pyridine rings is 2. The van der Waals surface area contributed by atoms with Gasteiger partial charge in [0.2, 0.25) is 0 Å². The molecule has 0 atom stereocenters. The van der Waals surface area contributed by atoms with Crippen LogP contribution in [0.2, 0.25) is 0 Å². The summed E-state index contributed by atoms with van der Waals surface area (Å²) < 4.78 is 0. The van der Waals surface area contributed by atoms with Gasteiger partial charge < -0.3 is 9.97 Å². The van der Waals surface area contributed by atoms with E-state index < -0.39 is 0 Å². The molecule has 4 aromatic heterocycles. The number of rotatable bonds is 2. The van der Waals surface area contributed by atoms with E-state index in [2.05, 4.69) is 19.9 Å². The summed E-state index contributed by atoms with van der Waals surface area (Å²) in [4.78, 5) is 14.1. The lowest BCUT2D eigenvalue weighted by Crippen LogP contribution is -1.75. The molecule has 0 unspecified atom stereocenters. The highest BCUT2D eigenvalue weighted by atomic mass is 14.7. The number of hydrogen-bond acceptors (Lipinski definition) is 2. The van der Waals surface area contributed by atoms with E-state index in [0.717, 1.165) is 11.4 Å². The summed E-state index contributed by atoms with van der Waals surface area (Å²) in [5.74, 6) is 0. The molecule has 0 aliphatic heterocycles. The molecule has 0 radical (unpaired) electrons. The minimum absolute atomic E-state index is 1.13. The molecule has 0 saturated carbocycles. The van der Waals surface area contributed by atoms with E-state index in [-0.39, 0.29) is 0 Å². The summed E-state index contributed by atoms with van der Waals surface area (Å²) in [5.41, 5.74) is 4.61. The fourth-order valence-electron chi connectivity index (χ4n) is 2.08. The molecule has 0 spiro atoms. The van der Waals surface area contributed by atoms with Crippen LogP contribution in [0.5, 0.6) is 0 Å². The van der Waals surface area contributed by atoms with Gasteiger partial charge in [-0.2, -0.15) is 0 Å². The minimum atomic E-state index is 1.13. The van der Waals surface area contributed by atoms with E-state index in [1.165, 1.54) is 11.1 Å². The molecular formula is C18H16N4. The Labute approximate surface area is 128 Å². The molecule has 0 bridgehead atoms. The first-order chi connectivity index (χ1) is 10.9. The molecule has 0 aliphatic rings. The van der Waals surface area contributed by atoms with Crippen molar-refractivity contribution in [3.63, 3.8) is 0 Å². The van der Waals surface area contributed by atoms with Gasteiger partial charge in [-0.15, -0.1) is 0 Å². The first-order valence-electron chi connectivity index (χ1n) is 7.01. The molecule has 0 saturated heterocycles. The van der Waals surface area contributed by atoms with Crippen molar-refractivity contribution in [3.05, 3.63) is 85.7 Å². The second-order valence-electron chi connectivity index (χ2n) is 4.64. The van der Waals surface area contributed by atoms with Gasteiger partial charge in [0.25, 0.3) is 0 Å². The molecule has 0 amide bonds. The van der Waals surface area contributed by atoms with Crippen LogP contribution < -0.4 is 0 Å². The normalized spacial score (nSPS) is 9.82. The van der Waals surface area contributed by atoms with Crippen LogP contribution in [0.1, 0.15) is 0 Å². The van der Waals surface area contributed by atoms with Crippen LogP contribution in [-0.4, -0.2) is 19.9 Å². The molecule has 0 aliphatic carbocycles. The third kappa shape index (κ3) is 3.49. The largest absolute Gasteiger partial charge is 0.361 e. The van der Waals surface area contributed by atoms with Gasteiger partial charge in [0.05, 0.1) is 0 Å². The monoisotopic (exact) mass is 288 g/mol. The Hall–Kier alpha value is -3.14. The molecule has 2 N–H and O–H groups in total. The van der Waals surface area contributed by atoms with Crippen molar-refractivity contribution in [1.82, 2.24) is 19.9 Å². The van der Waals surface area contributed by atoms with Gasteiger partial charge in [-0.3, -0.25) is 9.97 Å². The number of aromatic amines is 2. The van der Waals surface area contributed by atoms with E-state index in [1.54, 1.807) is 24.8 Å². The smallest absolute Gasteiger partial charge is 0.0455 e. The second kappa shape index (κ2) is 7.04. The third-order valence-corrected chi connectivity index (χ3v) is 3.18. The maximum atomic E-state index is 3.94. The molecule has 4 nitrogen and oxygen atoms in total. The predicted molar refractivity (Wildman–Crippen MR) is 88.0 cm³/mol. The average Bonchev–Trinajstić information content (AvgIpc) is 3.31. The van der Waals surface area contributed by atoms with E-state index in [4.69, 9.17) is 0 Å². The van der Waals surface area contributed by atoms with Crippen LogP contribution in [-0.2, 0) is 0 Å². The highest BCUT2D eigenvalue weighted by Gasteiger charge is 1.94. The summed E-state index contributed by atoms with van der Waals surface area (Å²) >= 11 is 0. The number of nitrogens with zero attached hydrogens (tertiary/aromatic N) is 2. The Bertz CT molecular complexity index is 691. The highest BCUT2D eigenvalue weighted by molar-refractivity contribution is 5.58. The van der Waals surface area contributed by atoms with Gasteiger partial charge in [-0.25, -0.2) is 0 Å². The lowest BCUT2D eigenvalue weighted by atomic mass is 10.2. The van der Waals surface area contributed by atoms with Gasteiger partial charge >= 0.3 is 0 Å². The Kier molecular flexibility index (Phi) is 4.42. The van der Waals surface area contributed by atoms with Crippen LogP contribution in [0.3, 0.4) is 0 Å². The van der Waals surface area contributed by atoms with E-state index in [0.29, 0.717) is 0 Å². The van der Waals surface area contributed by atoms with Crippen molar-refractivity contribution in [1.29, 1.82) is 0 Å². The molecule has 4 heteroatoms. The van der Waals surface area contributed by atoms with Gasteiger partial charge in [-0.1, -0.05) is 0 Å². The number of hydrogen-bond donors (Lipinski definition) is 2. The second-order valence-corrected chi connectivity index (χ2v) is 4.64. The maximum absolute atomic E-state index is 3.94. The lowest BCUT2D eigenvalue weighted by molar-refractivity contribution is 1.31. The van der Waals surface area contributed by atoms with Crippen molar-refractivity contribution < 1.29 is 0 Å². The van der Waals surface area contributed by atoms with Gasteiger partial charge in [0.1, 0.15) is 0 Å². The fourth-order valence-corrected chi connectivity index (χ4v) is 2.08. The summed E-state index contributed by atoms with van der Waals surface area (Å²) in [7, 11) is 0. The fraction of sp³-hybridized carbons (Fsp3) is 0. The van der Waals surface area contributed by atoms with Crippen molar-refractivity contribution >= 4 is 0 Å². The molecule has 4 rings (SSSR count). The van der Waals surface area contributed by atoms with Crippen molar-refractivity contribution in [2.24, 2.45) is 0 Å². The van der Waals surface area contributed by atoms with Gasteiger partial charge in [0.15, 0.2) is 0 Å². The topological polar surface area (TPSA) is 57.4 Å². The first-order valence-corrected chi connectivity index (χ1v) is 7.01. The molecule has 22 heavy (non-hydrogen) atoms. The van der Waals surface area contributed by atoms with Crippen molar-refractivity contribution in [2.45, 2.75) is 0 Å². The zero-order valence-electron chi connectivity index (χ0n) is 12.0. The van der Waals surface area contributed by atoms with Crippen molar-refractivity contribution in [3.8, 4) is 22.5 Å². The average molecular weight is 288 g/mol. The number of aromatic nitrogens is 4. The summed E-state index contributed by atoms with van der Waals surface area (Å²) in [6, 6.07) is 15.9. The van der Waals surface area contributed by atoms with Gasteiger partial charge in [-0.05, 0) is 48.5 Å². The van der Waals surface area contributed by atoms with Crippen molar-refractivity contribution in [2.75, 3.05) is 0 Å². The third-order valence-electron chi connectivity index (χ3n) is 3.18. The highest BCUT2D eigenvalue weighted by Crippen LogP contribution is 2.14. The van der Waals surface area contributed by atoms with E-state index >= 15 is 0 Å². The first kappa shape index (κ1) is 13.8. The number of nitrogens with one attached hydrogen (secondary N) is 2. The maximum Gasteiger partial charge on any atom is 0.0455 e. The quantitative estimate of drug-likeness (QED) is 0.582. The zero-order chi connectivity index (χ0) is 15.0. The Morgan fingerprint density at radius 1 is 0.545 bits per heavy atom. The van der Waals surface area contributed by atoms with Crippen LogP contribution in [0.15, 0.2) is 85.7 Å². The summed E-state index contributed by atoms with van der Waals surface area (Å²) in [6.45, 7) is 0. The summed E-state index contributed by atoms with van der Waals surface area (Å²) in [6.07, 6.45) is 11.0. The van der Waals surface area contributed by atoms with Gasteiger partial charge in [0, 0.05) is 59.7 Å². The Morgan fingerprint density at radius 2 is 0.955 bits per heavy atom. The molecule has 0 fully saturated rings. The lowest BCUT2D eigenvalue weighted by Gasteiger charge is -1.93. The Morgan fingerprint density at radius 3 is 1.27 bits per heavy atom. The van der Waals surface area contributed by atoms with E-state index in [9.17, 15) is 0 Å². The molecule has 4 heterocycles. The van der Waals surface area contributed by atoms with Crippen LogP contribution in [0, 0.1) is 0 Å². The predicted octanol–water partition coefficient (Wildman–Crippen LogP) is 4.15. The standard InChI is InChI=1S/2C9H8N2/c2*1-2-9(11-5-1)8-3-6-10-7-4-8/h2*1-7,11H. The molecule has 0 aromatic carbocycles. The Balaban J connectivity index is 0.000000131.